The molecule has 1 N–H and O–H groups in total. The molecule has 2 aromatic rings. The molecule has 0 aromatic carbocycles. The van der Waals surface area contributed by atoms with Crippen molar-refractivity contribution in [3.05, 3.63) is 35.5 Å². The Hall–Kier alpha value is -1.75. The molecule has 0 bridgehead atoms. The molecule has 0 saturated carbocycles. The molecule has 0 aliphatic heterocycles. The lowest BCUT2D eigenvalue weighted by Crippen LogP contribution is -2.21. The first-order valence-electron chi connectivity index (χ1n) is 6.60. The van der Waals surface area contributed by atoms with Crippen molar-refractivity contribution < 1.29 is 0 Å². The Morgan fingerprint density at radius 2 is 2.11 bits per heavy atom. The van der Waals surface area contributed by atoms with Crippen LogP contribution in [0.3, 0.4) is 0 Å². The first-order chi connectivity index (χ1) is 9.08. The minimum atomic E-state index is 0.633. The zero-order valence-electron chi connectivity index (χ0n) is 12.0. The number of aryl methyl sites for hydroxylation is 2. The standard InChI is InChI=1S/C14H21N5/c1-10(2)6-15-7-13-11(3)5-12(4)18-14(13)19-9-16-8-17-19/h5,8-10,15H,6-7H2,1-4H3. The molecular formula is C14H21N5. The van der Waals surface area contributed by atoms with E-state index in [0.29, 0.717) is 5.92 Å². The molecule has 102 valence electrons. The molecule has 2 heterocycles. The van der Waals surface area contributed by atoms with E-state index in [4.69, 9.17) is 0 Å². The summed E-state index contributed by atoms with van der Waals surface area (Å²) in [7, 11) is 0. The Balaban J connectivity index is 2.30. The Morgan fingerprint density at radius 1 is 1.32 bits per heavy atom. The maximum atomic E-state index is 4.59. The third kappa shape index (κ3) is 3.38. The second kappa shape index (κ2) is 5.93. The van der Waals surface area contributed by atoms with Crippen molar-refractivity contribution in [1.82, 2.24) is 25.1 Å². The van der Waals surface area contributed by atoms with Crippen LogP contribution < -0.4 is 5.32 Å². The average molecular weight is 259 g/mol. The van der Waals surface area contributed by atoms with Crippen molar-refractivity contribution in [1.29, 1.82) is 0 Å². The predicted octanol–water partition coefficient (Wildman–Crippen LogP) is 2.02. The molecular weight excluding hydrogens is 238 g/mol. The fourth-order valence-electron chi connectivity index (χ4n) is 2.06. The maximum absolute atomic E-state index is 4.59. The molecule has 2 rings (SSSR count). The lowest BCUT2D eigenvalue weighted by Gasteiger charge is -2.14. The third-order valence-electron chi connectivity index (χ3n) is 2.94. The monoisotopic (exact) mass is 259 g/mol. The molecule has 0 unspecified atom stereocenters. The van der Waals surface area contributed by atoms with E-state index in [1.54, 1.807) is 11.0 Å². The van der Waals surface area contributed by atoms with Crippen LogP contribution in [0.2, 0.25) is 0 Å². The van der Waals surface area contributed by atoms with E-state index >= 15 is 0 Å². The van der Waals surface area contributed by atoms with Crippen molar-refractivity contribution in [2.75, 3.05) is 6.54 Å². The average Bonchev–Trinajstić information content (AvgIpc) is 2.84. The zero-order chi connectivity index (χ0) is 13.8. The highest BCUT2D eigenvalue weighted by Gasteiger charge is 2.11. The van der Waals surface area contributed by atoms with Crippen molar-refractivity contribution in [3.8, 4) is 5.82 Å². The topological polar surface area (TPSA) is 55.6 Å². The zero-order valence-corrected chi connectivity index (χ0v) is 12.0. The fourth-order valence-corrected chi connectivity index (χ4v) is 2.06. The van der Waals surface area contributed by atoms with Crippen molar-refractivity contribution >= 4 is 0 Å². The van der Waals surface area contributed by atoms with E-state index in [1.165, 1.54) is 17.5 Å². The Bertz CT molecular complexity index is 531. The van der Waals surface area contributed by atoms with Crippen molar-refractivity contribution in [2.45, 2.75) is 34.2 Å². The first-order valence-corrected chi connectivity index (χ1v) is 6.60. The molecule has 2 aromatic heterocycles. The number of aromatic nitrogens is 4. The van der Waals surface area contributed by atoms with Gasteiger partial charge in [-0.15, -0.1) is 0 Å². The summed E-state index contributed by atoms with van der Waals surface area (Å²) in [4.78, 5) is 8.59. The van der Waals surface area contributed by atoms with E-state index in [2.05, 4.69) is 47.2 Å². The molecule has 0 spiro atoms. The van der Waals surface area contributed by atoms with Crippen LogP contribution in [0.25, 0.3) is 5.82 Å². The van der Waals surface area contributed by atoms with Gasteiger partial charge in [0.05, 0.1) is 0 Å². The van der Waals surface area contributed by atoms with Gasteiger partial charge in [0.25, 0.3) is 0 Å². The summed E-state index contributed by atoms with van der Waals surface area (Å²) in [6.07, 6.45) is 3.22. The largest absolute Gasteiger partial charge is 0.312 e. The van der Waals surface area contributed by atoms with Gasteiger partial charge in [-0.2, -0.15) is 5.10 Å². The summed E-state index contributed by atoms with van der Waals surface area (Å²) < 4.78 is 1.73. The molecule has 0 aliphatic carbocycles. The van der Waals surface area contributed by atoms with Gasteiger partial charge < -0.3 is 5.32 Å². The van der Waals surface area contributed by atoms with Crippen molar-refractivity contribution in [3.63, 3.8) is 0 Å². The van der Waals surface area contributed by atoms with Gasteiger partial charge in [0.1, 0.15) is 12.7 Å². The minimum Gasteiger partial charge on any atom is -0.312 e. The summed E-state index contributed by atoms with van der Waals surface area (Å²) in [5.74, 6) is 1.50. The minimum absolute atomic E-state index is 0.633. The van der Waals surface area contributed by atoms with Gasteiger partial charge in [0.2, 0.25) is 0 Å². The fraction of sp³-hybridized carbons (Fsp3) is 0.500. The lowest BCUT2D eigenvalue weighted by atomic mass is 10.1. The van der Waals surface area contributed by atoms with Crippen LogP contribution in [0.1, 0.15) is 30.7 Å². The number of nitrogens with one attached hydrogen (secondary N) is 1. The van der Waals surface area contributed by atoms with Crippen LogP contribution in [0.15, 0.2) is 18.7 Å². The van der Waals surface area contributed by atoms with Gasteiger partial charge in [-0.3, -0.25) is 0 Å². The quantitative estimate of drug-likeness (QED) is 0.892. The molecule has 0 fully saturated rings. The van der Waals surface area contributed by atoms with E-state index in [9.17, 15) is 0 Å². The Morgan fingerprint density at radius 3 is 2.74 bits per heavy atom. The summed E-state index contributed by atoms with van der Waals surface area (Å²) in [6, 6.07) is 2.10. The summed E-state index contributed by atoms with van der Waals surface area (Å²) in [5.41, 5.74) is 3.40. The predicted molar refractivity (Wildman–Crippen MR) is 75.2 cm³/mol. The van der Waals surface area contributed by atoms with Crippen molar-refractivity contribution in [2.24, 2.45) is 5.92 Å². The maximum Gasteiger partial charge on any atom is 0.160 e. The van der Waals surface area contributed by atoms with Crippen LogP contribution in [-0.4, -0.2) is 26.3 Å². The van der Waals surface area contributed by atoms with Gasteiger partial charge in [0, 0.05) is 17.8 Å². The molecule has 0 atom stereocenters. The third-order valence-corrected chi connectivity index (χ3v) is 2.94. The van der Waals surface area contributed by atoms with E-state index in [-0.39, 0.29) is 0 Å². The number of pyridine rings is 1. The van der Waals surface area contributed by atoms with Gasteiger partial charge >= 0.3 is 0 Å². The molecule has 5 heteroatoms. The van der Waals surface area contributed by atoms with Gasteiger partial charge in [-0.05, 0) is 37.9 Å². The van der Waals surface area contributed by atoms with Crippen LogP contribution in [0.5, 0.6) is 0 Å². The number of hydrogen-bond donors (Lipinski definition) is 1. The normalized spacial score (nSPS) is 11.2. The summed E-state index contributed by atoms with van der Waals surface area (Å²) in [5, 5.41) is 7.65. The second-order valence-corrected chi connectivity index (χ2v) is 5.25. The summed E-state index contributed by atoms with van der Waals surface area (Å²) >= 11 is 0. The number of rotatable bonds is 5. The lowest BCUT2D eigenvalue weighted by molar-refractivity contribution is 0.549. The van der Waals surface area contributed by atoms with E-state index in [0.717, 1.165) is 24.6 Å². The molecule has 0 aliphatic rings. The first kappa shape index (κ1) is 13.7. The highest BCUT2D eigenvalue weighted by molar-refractivity contribution is 5.40. The van der Waals surface area contributed by atoms with Crippen LogP contribution >= 0.6 is 0 Å². The van der Waals surface area contributed by atoms with Gasteiger partial charge in [-0.1, -0.05) is 13.8 Å². The summed E-state index contributed by atoms with van der Waals surface area (Å²) in [6.45, 7) is 10.3. The number of nitrogens with zero attached hydrogens (tertiary/aromatic N) is 4. The SMILES string of the molecule is Cc1cc(C)c(CNCC(C)C)c(-n2cncn2)n1. The molecule has 0 amide bonds. The van der Waals surface area contributed by atoms with E-state index < -0.39 is 0 Å². The Kier molecular flexibility index (Phi) is 4.27. The van der Waals surface area contributed by atoms with Gasteiger partial charge in [0.15, 0.2) is 5.82 Å². The van der Waals surface area contributed by atoms with Crippen LogP contribution in [0.4, 0.5) is 0 Å². The molecule has 0 radical (unpaired) electrons. The van der Waals surface area contributed by atoms with Crippen LogP contribution in [0, 0.1) is 19.8 Å². The number of hydrogen-bond acceptors (Lipinski definition) is 4. The molecule has 0 saturated heterocycles. The van der Waals surface area contributed by atoms with Crippen LogP contribution in [-0.2, 0) is 6.54 Å². The second-order valence-electron chi connectivity index (χ2n) is 5.25. The molecule has 5 nitrogen and oxygen atoms in total. The van der Waals surface area contributed by atoms with E-state index in [1.807, 2.05) is 6.92 Å². The highest BCUT2D eigenvalue weighted by Crippen LogP contribution is 2.17. The Labute approximate surface area is 114 Å². The highest BCUT2D eigenvalue weighted by atomic mass is 15.3. The smallest absolute Gasteiger partial charge is 0.160 e. The molecule has 19 heavy (non-hydrogen) atoms. The van der Waals surface area contributed by atoms with Gasteiger partial charge in [-0.25, -0.2) is 14.6 Å².